The molecule has 7 heteroatoms. The number of amides is 1. The van der Waals surface area contributed by atoms with Crippen LogP contribution in [0.25, 0.3) is 10.8 Å². The van der Waals surface area contributed by atoms with Crippen molar-refractivity contribution in [1.82, 2.24) is 10.2 Å². The molecule has 2 aromatic carbocycles. The Balaban J connectivity index is 1.69. The molecule has 0 spiro atoms. The van der Waals surface area contributed by atoms with Gasteiger partial charge in [-0.15, -0.1) is 0 Å². The summed E-state index contributed by atoms with van der Waals surface area (Å²) in [5.41, 5.74) is 0.592. The highest BCUT2D eigenvalue weighted by Crippen LogP contribution is 2.41. The van der Waals surface area contributed by atoms with Crippen molar-refractivity contribution in [3.05, 3.63) is 36.4 Å². The highest BCUT2D eigenvalue weighted by molar-refractivity contribution is 7.93. The quantitative estimate of drug-likeness (QED) is 0.907. The molecule has 0 aromatic heterocycles. The second kappa shape index (κ2) is 5.46. The van der Waals surface area contributed by atoms with Gasteiger partial charge in [0.25, 0.3) is 10.0 Å². The lowest BCUT2D eigenvalue weighted by Gasteiger charge is -2.27. The average molecular weight is 345 g/mol. The maximum Gasteiger partial charge on any atom is 0.265 e. The van der Waals surface area contributed by atoms with Crippen molar-refractivity contribution < 1.29 is 13.2 Å². The van der Waals surface area contributed by atoms with Gasteiger partial charge in [-0.1, -0.05) is 24.3 Å². The van der Waals surface area contributed by atoms with Crippen LogP contribution >= 0.6 is 0 Å². The molecule has 1 saturated heterocycles. The van der Waals surface area contributed by atoms with Gasteiger partial charge in [0.1, 0.15) is 6.54 Å². The topological polar surface area (TPSA) is 69.7 Å². The highest BCUT2D eigenvalue weighted by atomic mass is 32.2. The minimum absolute atomic E-state index is 0.126. The van der Waals surface area contributed by atoms with E-state index in [1.54, 1.807) is 30.1 Å². The summed E-state index contributed by atoms with van der Waals surface area (Å²) < 4.78 is 27.0. The fraction of sp³-hybridized carbons (Fsp3) is 0.353. The minimum Gasteiger partial charge on any atom is -0.340 e. The largest absolute Gasteiger partial charge is 0.340 e. The van der Waals surface area contributed by atoms with Gasteiger partial charge in [0.05, 0.1) is 10.6 Å². The molecule has 2 aliphatic heterocycles. The van der Waals surface area contributed by atoms with E-state index in [1.165, 1.54) is 4.31 Å². The average Bonchev–Trinajstić information content (AvgIpc) is 3.18. The van der Waals surface area contributed by atoms with Crippen LogP contribution in [0.2, 0.25) is 0 Å². The molecule has 1 N–H and O–H groups in total. The molecular formula is C17H19N3O3S. The van der Waals surface area contributed by atoms with Crippen molar-refractivity contribution in [2.24, 2.45) is 0 Å². The summed E-state index contributed by atoms with van der Waals surface area (Å²) in [4.78, 5) is 14.6. The number of hydrogen-bond donors (Lipinski definition) is 1. The van der Waals surface area contributed by atoms with Crippen LogP contribution in [-0.4, -0.2) is 51.9 Å². The third kappa shape index (κ3) is 2.19. The van der Waals surface area contributed by atoms with Gasteiger partial charge < -0.3 is 10.2 Å². The predicted molar refractivity (Wildman–Crippen MR) is 92.5 cm³/mol. The van der Waals surface area contributed by atoms with Crippen LogP contribution in [-0.2, 0) is 14.8 Å². The lowest BCUT2D eigenvalue weighted by Crippen LogP contribution is -2.45. The zero-order valence-corrected chi connectivity index (χ0v) is 14.2. The molecule has 0 aliphatic carbocycles. The number of benzene rings is 2. The Kier molecular flexibility index (Phi) is 3.51. The highest BCUT2D eigenvalue weighted by Gasteiger charge is 2.37. The third-order valence-electron chi connectivity index (χ3n) is 4.94. The summed E-state index contributed by atoms with van der Waals surface area (Å²) >= 11 is 0. The van der Waals surface area contributed by atoms with E-state index in [0.29, 0.717) is 11.1 Å². The van der Waals surface area contributed by atoms with Gasteiger partial charge >= 0.3 is 0 Å². The minimum atomic E-state index is -3.68. The number of hydrogen-bond acceptors (Lipinski definition) is 4. The van der Waals surface area contributed by atoms with E-state index >= 15 is 0 Å². The van der Waals surface area contributed by atoms with Crippen LogP contribution in [0.4, 0.5) is 5.69 Å². The summed E-state index contributed by atoms with van der Waals surface area (Å²) in [5.74, 6) is -0.183. The first-order valence-corrected chi connectivity index (χ1v) is 9.45. The second-order valence-corrected chi connectivity index (χ2v) is 8.13. The van der Waals surface area contributed by atoms with Gasteiger partial charge in [-0.3, -0.25) is 9.10 Å². The monoisotopic (exact) mass is 345 g/mol. The molecule has 1 fully saturated rings. The Morgan fingerprint density at radius 1 is 1.29 bits per heavy atom. The molecule has 2 aliphatic rings. The maximum atomic E-state index is 12.9. The number of carbonyl (C=O) groups is 1. The maximum absolute atomic E-state index is 12.9. The first kappa shape index (κ1) is 15.4. The zero-order chi connectivity index (χ0) is 16.9. The van der Waals surface area contributed by atoms with Crippen LogP contribution in [0.3, 0.4) is 0 Å². The molecular weight excluding hydrogens is 326 g/mol. The van der Waals surface area contributed by atoms with Crippen molar-refractivity contribution in [2.75, 3.05) is 31.0 Å². The number of nitrogens with zero attached hydrogens (tertiary/aromatic N) is 2. The fourth-order valence-corrected chi connectivity index (χ4v) is 5.20. The SMILES string of the molecule is CN(C(=O)CN1c2cccc3cccc(c23)S1(=O)=O)C1CCNC1. The number of sulfonamides is 1. The van der Waals surface area contributed by atoms with Crippen molar-refractivity contribution in [3.8, 4) is 0 Å². The normalized spacial score (nSPS) is 21.4. The van der Waals surface area contributed by atoms with Crippen LogP contribution in [0.15, 0.2) is 41.3 Å². The lowest BCUT2D eigenvalue weighted by molar-refractivity contribution is -0.129. The number of likely N-dealkylation sites (N-methyl/N-ethyl adjacent to an activating group) is 1. The smallest absolute Gasteiger partial charge is 0.265 e. The second-order valence-electron chi connectivity index (χ2n) is 6.29. The van der Waals surface area contributed by atoms with Crippen molar-refractivity contribution in [1.29, 1.82) is 0 Å². The lowest BCUT2D eigenvalue weighted by atomic mass is 10.1. The predicted octanol–water partition coefficient (Wildman–Crippen LogP) is 1.17. The summed E-state index contributed by atoms with van der Waals surface area (Å²) in [7, 11) is -1.93. The zero-order valence-electron chi connectivity index (χ0n) is 13.4. The van der Waals surface area contributed by atoms with E-state index in [0.717, 1.165) is 24.9 Å². The Morgan fingerprint density at radius 3 is 2.75 bits per heavy atom. The van der Waals surface area contributed by atoms with Crippen molar-refractivity contribution in [3.63, 3.8) is 0 Å². The van der Waals surface area contributed by atoms with E-state index in [9.17, 15) is 13.2 Å². The first-order chi connectivity index (χ1) is 11.5. The van der Waals surface area contributed by atoms with E-state index in [4.69, 9.17) is 0 Å². The van der Waals surface area contributed by atoms with Gasteiger partial charge in [0, 0.05) is 25.0 Å². The molecule has 6 nitrogen and oxygen atoms in total. The number of anilines is 1. The third-order valence-corrected chi connectivity index (χ3v) is 6.74. The van der Waals surface area contributed by atoms with E-state index < -0.39 is 10.0 Å². The van der Waals surface area contributed by atoms with Crippen LogP contribution in [0, 0.1) is 0 Å². The van der Waals surface area contributed by atoms with Crippen molar-refractivity contribution in [2.45, 2.75) is 17.4 Å². The summed E-state index contributed by atoms with van der Waals surface area (Å²) in [6, 6.07) is 10.8. The standard InChI is InChI=1S/C17H19N3O3S/c1-19(13-8-9-18-10-13)16(21)11-20-14-6-2-4-12-5-3-7-15(17(12)14)24(20,22)23/h2-7,13,18H,8-11H2,1H3. The Labute approximate surface area is 141 Å². The number of carbonyl (C=O) groups excluding carboxylic acids is 1. The molecule has 2 aromatic rings. The summed E-state index contributed by atoms with van der Waals surface area (Å²) in [6.45, 7) is 1.48. The van der Waals surface area contributed by atoms with Gasteiger partial charge in [-0.25, -0.2) is 8.42 Å². The molecule has 24 heavy (non-hydrogen) atoms. The van der Waals surface area contributed by atoms with Crippen LogP contribution in [0.5, 0.6) is 0 Å². The molecule has 0 bridgehead atoms. The van der Waals surface area contributed by atoms with Gasteiger partial charge in [-0.2, -0.15) is 0 Å². The molecule has 126 valence electrons. The van der Waals surface area contributed by atoms with Gasteiger partial charge in [0.2, 0.25) is 5.91 Å². The molecule has 1 amide bonds. The van der Waals surface area contributed by atoms with E-state index in [1.807, 2.05) is 18.2 Å². The summed E-state index contributed by atoms with van der Waals surface area (Å²) in [5, 5.41) is 4.80. The first-order valence-electron chi connectivity index (χ1n) is 8.01. The Bertz CT molecular complexity index is 915. The fourth-order valence-electron chi connectivity index (χ4n) is 3.54. The molecule has 0 saturated carbocycles. The molecule has 4 rings (SSSR count). The van der Waals surface area contributed by atoms with E-state index in [-0.39, 0.29) is 23.4 Å². The Morgan fingerprint density at radius 2 is 2.04 bits per heavy atom. The number of nitrogens with one attached hydrogen (secondary N) is 1. The number of rotatable bonds is 3. The van der Waals surface area contributed by atoms with Crippen LogP contribution in [0.1, 0.15) is 6.42 Å². The summed E-state index contributed by atoms with van der Waals surface area (Å²) in [6.07, 6.45) is 0.894. The molecule has 1 unspecified atom stereocenters. The van der Waals surface area contributed by atoms with Gasteiger partial charge in [0.15, 0.2) is 0 Å². The Hall–Kier alpha value is -2.12. The molecule has 1 atom stereocenters. The molecule has 2 heterocycles. The van der Waals surface area contributed by atoms with Crippen molar-refractivity contribution >= 4 is 32.4 Å². The van der Waals surface area contributed by atoms with E-state index in [2.05, 4.69) is 5.32 Å². The van der Waals surface area contributed by atoms with Crippen LogP contribution < -0.4 is 9.62 Å². The molecule has 0 radical (unpaired) electrons. The van der Waals surface area contributed by atoms with Gasteiger partial charge in [-0.05, 0) is 30.5 Å².